The van der Waals surface area contributed by atoms with Crippen LogP contribution in [0.4, 0.5) is 0 Å². The average Bonchev–Trinajstić information content (AvgIpc) is 2.94. The summed E-state index contributed by atoms with van der Waals surface area (Å²) in [6.45, 7) is 8.84. The molecule has 1 aromatic heterocycles. The van der Waals surface area contributed by atoms with Crippen LogP contribution in [0.5, 0.6) is 0 Å². The summed E-state index contributed by atoms with van der Waals surface area (Å²) in [6.07, 6.45) is 2.28. The molecule has 0 unspecified atom stereocenters. The van der Waals surface area contributed by atoms with Crippen molar-refractivity contribution in [3.05, 3.63) is 132 Å². The molecule has 0 amide bonds. The lowest BCUT2D eigenvalue weighted by atomic mass is 9.90. The zero-order valence-corrected chi connectivity index (χ0v) is 22.1. The van der Waals surface area contributed by atoms with E-state index in [1.807, 2.05) is 0 Å². The van der Waals surface area contributed by atoms with E-state index in [-0.39, 0.29) is 0 Å². The second kappa shape index (κ2) is 10.8. The molecule has 182 valence electrons. The molecule has 0 aliphatic carbocycles. The Balaban J connectivity index is 1.62. The van der Waals surface area contributed by atoms with Gasteiger partial charge in [0, 0.05) is 16.7 Å². The zero-order chi connectivity index (χ0) is 25.8. The minimum Gasteiger partial charge on any atom is -0.247 e. The third kappa shape index (κ3) is 5.47. The predicted octanol–water partition coefficient (Wildman–Crippen LogP) is 10.3. The average molecular weight is 480 g/mol. The third-order valence-corrected chi connectivity index (χ3v) is 6.70. The first-order valence-corrected chi connectivity index (χ1v) is 13.0. The predicted molar refractivity (Wildman–Crippen MR) is 159 cm³/mol. The number of hydrogen-bond acceptors (Lipinski definition) is 1. The SMILES string of the molecule is CC(C)=Cc1c(C(C)C)cc(-c2ccc(-c3ccccc3)cc2)nc1-c1ccc(-c2ccccc2)cc1. The molecule has 0 saturated carbocycles. The molecule has 0 saturated heterocycles. The van der Waals surface area contributed by atoms with Crippen LogP contribution >= 0.6 is 0 Å². The lowest BCUT2D eigenvalue weighted by Crippen LogP contribution is -2.01. The fourth-order valence-electron chi connectivity index (χ4n) is 4.78. The van der Waals surface area contributed by atoms with Gasteiger partial charge < -0.3 is 0 Å². The first-order chi connectivity index (χ1) is 18.0. The van der Waals surface area contributed by atoms with Gasteiger partial charge >= 0.3 is 0 Å². The molecule has 1 heteroatoms. The largest absolute Gasteiger partial charge is 0.247 e. The second-order valence-electron chi connectivity index (χ2n) is 10.1. The molecular formula is C36H33N. The van der Waals surface area contributed by atoms with E-state index >= 15 is 0 Å². The van der Waals surface area contributed by atoms with E-state index in [9.17, 15) is 0 Å². The molecule has 5 rings (SSSR count). The van der Waals surface area contributed by atoms with Crippen molar-refractivity contribution in [3.63, 3.8) is 0 Å². The van der Waals surface area contributed by atoms with Crippen molar-refractivity contribution in [2.75, 3.05) is 0 Å². The van der Waals surface area contributed by atoms with Gasteiger partial charge in [-0.05, 0) is 53.6 Å². The molecule has 0 radical (unpaired) electrons. The molecule has 37 heavy (non-hydrogen) atoms. The maximum atomic E-state index is 5.27. The highest BCUT2D eigenvalue weighted by molar-refractivity contribution is 5.80. The van der Waals surface area contributed by atoms with E-state index in [2.05, 4.69) is 149 Å². The summed E-state index contributed by atoms with van der Waals surface area (Å²) in [5.41, 5.74) is 13.0. The maximum Gasteiger partial charge on any atom is 0.0784 e. The van der Waals surface area contributed by atoms with Crippen LogP contribution in [0.2, 0.25) is 0 Å². The molecule has 0 N–H and O–H groups in total. The van der Waals surface area contributed by atoms with E-state index in [1.54, 1.807) is 0 Å². The van der Waals surface area contributed by atoms with Crippen LogP contribution in [0, 0.1) is 0 Å². The Bertz CT molecular complexity index is 1500. The number of allylic oxidation sites excluding steroid dienone is 1. The van der Waals surface area contributed by atoms with Crippen LogP contribution in [0.1, 0.15) is 44.7 Å². The Morgan fingerprint density at radius 3 is 1.46 bits per heavy atom. The number of hydrogen-bond donors (Lipinski definition) is 0. The van der Waals surface area contributed by atoms with Crippen LogP contribution < -0.4 is 0 Å². The van der Waals surface area contributed by atoms with Gasteiger partial charge in [0.25, 0.3) is 0 Å². The molecule has 0 atom stereocenters. The van der Waals surface area contributed by atoms with E-state index in [0.29, 0.717) is 5.92 Å². The highest BCUT2D eigenvalue weighted by Crippen LogP contribution is 2.35. The Labute approximate surface area is 221 Å². The van der Waals surface area contributed by atoms with Gasteiger partial charge in [-0.15, -0.1) is 0 Å². The number of pyridine rings is 1. The quantitative estimate of drug-likeness (QED) is 0.236. The van der Waals surface area contributed by atoms with Crippen LogP contribution in [0.15, 0.2) is 121 Å². The molecule has 5 aromatic rings. The molecular weight excluding hydrogens is 446 g/mol. The molecule has 0 fully saturated rings. The van der Waals surface area contributed by atoms with Gasteiger partial charge in [0.15, 0.2) is 0 Å². The van der Waals surface area contributed by atoms with Gasteiger partial charge in [0.2, 0.25) is 0 Å². The van der Waals surface area contributed by atoms with E-state index < -0.39 is 0 Å². The minimum absolute atomic E-state index is 0.373. The Kier molecular flexibility index (Phi) is 7.14. The fraction of sp³-hybridized carbons (Fsp3) is 0.139. The molecule has 0 aliphatic heterocycles. The van der Waals surface area contributed by atoms with Crippen LogP contribution in [-0.4, -0.2) is 4.98 Å². The molecule has 1 heterocycles. The molecule has 0 spiro atoms. The van der Waals surface area contributed by atoms with Gasteiger partial charge in [0.1, 0.15) is 0 Å². The molecule has 1 nitrogen and oxygen atoms in total. The van der Waals surface area contributed by atoms with Gasteiger partial charge in [-0.1, -0.05) is 135 Å². The molecule has 0 bridgehead atoms. The second-order valence-corrected chi connectivity index (χ2v) is 10.1. The lowest BCUT2D eigenvalue weighted by Gasteiger charge is -2.18. The van der Waals surface area contributed by atoms with E-state index in [4.69, 9.17) is 4.98 Å². The van der Waals surface area contributed by atoms with Crippen LogP contribution in [0.25, 0.3) is 50.8 Å². The number of nitrogens with zero attached hydrogens (tertiary/aromatic N) is 1. The summed E-state index contributed by atoms with van der Waals surface area (Å²) in [6, 6.07) is 40.9. The van der Waals surface area contributed by atoms with Crippen molar-refractivity contribution >= 4 is 6.08 Å². The normalized spacial score (nSPS) is 10.9. The van der Waals surface area contributed by atoms with E-state index in [1.165, 1.54) is 39.0 Å². The highest BCUT2D eigenvalue weighted by Gasteiger charge is 2.16. The Morgan fingerprint density at radius 1 is 0.568 bits per heavy atom. The van der Waals surface area contributed by atoms with Gasteiger partial charge in [0.05, 0.1) is 11.4 Å². The monoisotopic (exact) mass is 479 g/mol. The van der Waals surface area contributed by atoms with Gasteiger partial charge in [-0.3, -0.25) is 0 Å². The van der Waals surface area contributed by atoms with Crippen molar-refractivity contribution < 1.29 is 0 Å². The zero-order valence-electron chi connectivity index (χ0n) is 22.1. The summed E-state index contributed by atoms with van der Waals surface area (Å²) in [5, 5.41) is 0. The third-order valence-electron chi connectivity index (χ3n) is 6.70. The standard InChI is InChI=1S/C36H33N/c1-25(2)23-34-33(26(3)4)24-35(31-19-15-29(16-20-31)27-11-7-5-8-12-27)37-36(34)32-21-17-30(18-22-32)28-13-9-6-10-14-28/h5-24,26H,1-4H3. The van der Waals surface area contributed by atoms with Crippen molar-refractivity contribution in [2.24, 2.45) is 0 Å². The van der Waals surface area contributed by atoms with E-state index in [0.717, 1.165) is 22.5 Å². The topological polar surface area (TPSA) is 12.9 Å². The molecule has 4 aromatic carbocycles. The van der Waals surface area contributed by atoms with Crippen molar-refractivity contribution in [2.45, 2.75) is 33.6 Å². The summed E-state index contributed by atoms with van der Waals surface area (Å²) in [4.78, 5) is 5.27. The first kappa shape index (κ1) is 24.5. The highest BCUT2D eigenvalue weighted by atomic mass is 14.7. The molecule has 0 aliphatic rings. The Morgan fingerprint density at radius 2 is 1.00 bits per heavy atom. The lowest BCUT2D eigenvalue weighted by molar-refractivity contribution is 0.861. The first-order valence-electron chi connectivity index (χ1n) is 13.0. The smallest absolute Gasteiger partial charge is 0.0784 e. The van der Waals surface area contributed by atoms with Gasteiger partial charge in [-0.25, -0.2) is 4.98 Å². The van der Waals surface area contributed by atoms with Crippen molar-refractivity contribution in [1.29, 1.82) is 0 Å². The fourth-order valence-corrected chi connectivity index (χ4v) is 4.78. The summed E-state index contributed by atoms with van der Waals surface area (Å²) in [7, 11) is 0. The maximum absolute atomic E-state index is 5.27. The number of aromatic nitrogens is 1. The summed E-state index contributed by atoms with van der Waals surface area (Å²) >= 11 is 0. The van der Waals surface area contributed by atoms with Crippen molar-refractivity contribution in [3.8, 4) is 44.8 Å². The number of benzene rings is 4. The van der Waals surface area contributed by atoms with Gasteiger partial charge in [-0.2, -0.15) is 0 Å². The van der Waals surface area contributed by atoms with Crippen LogP contribution in [0.3, 0.4) is 0 Å². The summed E-state index contributed by atoms with van der Waals surface area (Å²) < 4.78 is 0. The number of rotatable bonds is 6. The summed E-state index contributed by atoms with van der Waals surface area (Å²) in [5.74, 6) is 0.373. The minimum atomic E-state index is 0.373. The van der Waals surface area contributed by atoms with Crippen molar-refractivity contribution in [1.82, 2.24) is 4.98 Å². The Hall–Kier alpha value is -4.23. The van der Waals surface area contributed by atoms with Crippen LogP contribution in [-0.2, 0) is 0 Å².